The van der Waals surface area contributed by atoms with Crippen LogP contribution >= 0.6 is 11.6 Å². The number of halogens is 1. The number of aliphatic hydroxyl groups is 1. The fraction of sp³-hybridized carbons (Fsp3) is 0.625. The summed E-state index contributed by atoms with van der Waals surface area (Å²) in [5.74, 6) is 1.64. The minimum absolute atomic E-state index is 0.147. The van der Waals surface area contributed by atoms with Crippen LogP contribution in [0.5, 0.6) is 11.5 Å². The average molecular weight is 316 g/mol. The van der Waals surface area contributed by atoms with Gasteiger partial charge >= 0.3 is 0 Å². The summed E-state index contributed by atoms with van der Waals surface area (Å²) in [5.41, 5.74) is 0.111. The SMILES string of the molecule is COc1cc(CNCC(C)C)cc(Cl)c1OCC(C)(C)O. The Morgan fingerprint density at radius 3 is 2.52 bits per heavy atom. The van der Waals surface area contributed by atoms with Crippen LogP contribution < -0.4 is 14.8 Å². The number of ether oxygens (including phenoxy) is 2. The summed E-state index contributed by atoms with van der Waals surface area (Å²) in [4.78, 5) is 0. The van der Waals surface area contributed by atoms with Crippen LogP contribution in [0.25, 0.3) is 0 Å². The summed E-state index contributed by atoms with van der Waals surface area (Å²) in [7, 11) is 1.58. The molecule has 4 nitrogen and oxygen atoms in total. The van der Waals surface area contributed by atoms with Crippen LogP contribution in [-0.2, 0) is 6.54 Å². The van der Waals surface area contributed by atoms with Crippen molar-refractivity contribution in [3.05, 3.63) is 22.7 Å². The number of benzene rings is 1. The van der Waals surface area contributed by atoms with Crippen molar-refractivity contribution in [2.45, 2.75) is 39.8 Å². The summed E-state index contributed by atoms with van der Waals surface area (Å²) < 4.78 is 10.9. The molecule has 0 fully saturated rings. The van der Waals surface area contributed by atoms with Crippen LogP contribution in [0, 0.1) is 5.92 Å². The molecule has 0 bridgehead atoms. The molecule has 5 heteroatoms. The first-order chi connectivity index (χ1) is 9.73. The fourth-order valence-electron chi connectivity index (χ4n) is 1.77. The van der Waals surface area contributed by atoms with Crippen LogP contribution in [0.2, 0.25) is 5.02 Å². The fourth-order valence-corrected chi connectivity index (χ4v) is 2.06. The number of hydrogen-bond donors (Lipinski definition) is 2. The summed E-state index contributed by atoms with van der Waals surface area (Å²) >= 11 is 6.27. The molecule has 0 unspecified atom stereocenters. The lowest BCUT2D eigenvalue weighted by Gasteiger charge is -2.20. The van der Waals surface area contributed by atoms with Gasteiger partial charge in [0.2, 0.25) is 0 Å². The van der Waals surface area contributed by atoms with Crippen LogP contribution in [0.1, 0.15) is 33.3 Å². The van der Waals surface area contributed by atoms with E-state index in [0.29, 0.717) is 22.4 Å². The molecule has 21 heavy (non-hydrogen) atoms. The summed E-state index contributed by atoms with van der Waals surface area (Å²) in [6.07, 6.45) is 0. The third-order valence-corrected chi connectivity index (χ3v) is 3.02. The number of hydrogen-bond acceptors (Lipinski definition) is 4. The molecule has 0 saturated heterocycles. The first kappa shape index (κ1) is 18.1. The molecule has 1 rings (SSSR count). The van der Waals surface area contributed by atoms with Crippen molar-refractivity contribution < 1.29 is 14.6 Å². The van der Waals surface area contributed by atoms with Crippen LogP contribution in [-0.4, -0.2) is 31.0 Å². The van der Waals surface area contributed by atoms with E-state index in [-0.39, 0.29) is 6.61 Å². The van der Waals surface area contributed by atoms with Gasteiger partial charge in [-0.1, -0.05) is 25.4 Å². The Kier molecular flexibility index (Phi) is 6.78. The highest BCUT2D eigenvalue weighted by Gasteiger charge is 2.18. The predicted octanol–water partition coefficient (Wildman–Crippen LogP) is 3.24. The molecule has 0 atom stereocenters. The van der Waals surface area contributed by atoms with Gasteiger partial charge in [0, 0.05) is 6.54 Å². The van der Waals surface area contributed by atoms with E-state index in [2.05, 4.69) is 19.2 Å². The summed E-state index contributed by atoms with van der Waals surface area (Å²) in [6.45, 7) is 9.49. The maximum Gasteiger partial charge on any atom is 0.179 e. The molecule has 0 spiro atoms. The van der Waals surface area contributed by atoms with Crippen molar-refractivity contribution >= 4 is 11.6 Å². The van der Waals surface area contributed by atoms with E-state index in [1.165, 1.54) is 0 Å². The molecule has 2 N–H and O–H groups in total. The maximum atomic E-state index is 9.74. The quantitative estimate of drug-likeness (QED) is 0.773. The van der Waals surface area contributed by atoms with Gasteiger partial charge in [0.05, 0.1) is 17.7 Å². The zero-order chi connectivity index (χ0) is 16.0. The van der Waals surface area contributed by atoms with Crippen LogP contribution in [0.4, 0.5) is 0 Å². The Bertz CT molecular complexity index is 456. The summed E-state index contributed by atoms with van der Waals surface area (Å²) in [6, 6.07) is 3.76. The summed E-state index contributed by atoms with van der Waals surface area (Å²) in [5, 5.41) is 13.6. The molecule has 0 heterocycles. The molecule has 1 aromatic rings. The van der Waals surface area contributed by atoms with Gasteiger partial charge in [-0.05, 0) is 44.0 Å². The van der Waals surface area contributed by atoms with E-state index >= 15 is 0 Å². The van der Waals surface area contributed by atoms with Crippen molar-refractivity contribution in [1.29, 1.82) is 0 Å². The maximum absolute atomic E-state index is 9.74. The van der Waals surface area contributed by atoms with E-state index in [4.69, 9.17) is 21.1 Å². The zero-order valence-electron chi connectivity index (χ0n) is 13.5. The Morgan fingerprint density at radius 2 is 2.00 bits per heavy atom. The standard InChI is InChI=1S/C16H26ClNO3/c1-11(2)8-18-9-12-6-13(17)15(14(7-12)20-5)21-10-16(3,4)19/h6-7,11,18-19H,8-10H2,1-5H3. The van der Waals surface area contributed by atoms with Crippen LogP contribution in [0.15, 0.2) is 12.1 Å². The largest absolute Gasteiger partial charge is 0.493 e. The van der Waals surface area contributed by atoms with Crippen molar-refractivity contribution in [2.75, 3.05) is 20.3 Å². The first-order valence-electron chi connectivity index (χ1n) is 7.15. The molecule has 120 valence electrons. The van der Waals surface area contributed by atoms with E-state index in [1.807, 2.05) is 12.1 Å². The Labute approximate surface area is 132 Å². The van der Waals surface area contributed by atoms with E-state index in [1.54, 1.807) is 21.0 Å². The molecule has 1 aromatic carbocycles. The molecular formula is C16H26ClNO3. The molecule has 0 aliphatic carbocycles. The highest BCUT2D eigenvalue weighted by Crippen LogP contribution is 2.36. The minimum Gasteiger partial charge on any atom is -0.493 e. The molecule has 0 aliphatic rings. The van der Waals surface area contributed by atoms with Gasteiger partial charge in [-0.25, -0.2) is 0 Å². The lowest BCUT2D eigenvalue weighted by molar-refractivity contribution is 0.0276. The first-order valence-corrected chi connectivity index (χ1v) is 7.53. The van der Waals surface area contributed by atoms with Crippen molar-refractivity contribution in [2.24, 2.45) is 5.92 Å². The third kappa shape index (κ3) is 6.55. The smallest absolute Gasteiger partial charge is 0.179 e. The van der Waals surface area contributed by atoms with Gasteiger partial charge < -0.3 is 19.9 Å². The van der Waals surface area contributed by atoms with Crippen LogP contribution in [0.3, 0.4) is 0 Å². The topological polar surface area (TPSA) is 50.7 Å². The van der Waals surface area contributed by atoms with Gasteiger partial charge in [-0.15, -0.1) is 0 Å². The van der Waals surface area contributed by atoms with Crippen molar-refractivity contribution in [3.8, 4) is 11.5 Å². The molecule has 0 aromatic heterocycles. The van der Waals surface area contributed by atoms with Crippen molar-refractivity contribution in [3.63, 3.8) is 0 Å². The number of nitrogens with one attached hydrogen (secondary N) is 1. The molecule has 0 radical (unpaired) electrons. The third-order valence-electron chi connectivity index (χ3n) is 2.74. The lowest BCUT2D eigenvalue weighted by atomic mass is 10.1. The molecule has 0 amide bonds. The average Bonchev–Trinajstić information content (AvgIpc) is 2.35. The Morgan fingerprint density at radius 1 is 1.33 bits per heavy atom. The lowest BCUT2D eigenvalue weighted by Crippen LogP contribution is -2.28. The van der Waals surface area contributed by atoms with Gasteiger partial charge in [0.1, 0.15) is 6.61 Å². The van der Waals surface area contributed by atoms with Gasteiger partial charge in [-0.2, -0.15) is 0 Å². The van der Waals surface area contributed by atoms with E-state index in [9.17, 15) is 5.11 Å². The molecule has 0 aliphatic heterocycles. The van der Waals surface area contributed by atoms with Gasteiger partial charge in [0.25, 0.3) is 0 Å². The normalized spacial score (nSPS) is 11.8. The van der Waals surface area contributed by atoms with Gasteiger partial charge in [-0.3, -0.25) is 0 Å². The van der Waals surface area contributed by atoms with E-state index in [0.717, 1.165) is 18.7 Å². The monoisotopic (exact) mass is 315 g/mol. The minimum atomic E-state index is -0.925. The Hall–Kier alpha value is -0.970. The zero-order valence-corrected chi connectivity index (χ0v) is 14.3. The second-order valence-electron chi connectivity index (χ2n) is 6.23. The highest BCUT2D eigenvalue weighted by molar-refractivity contribution is 6.32. The second-order valence-corrected chi connectivity index (χ2v) is 6.64. The number of rotatable bonds is 8. The van der Waals surface area contributed by atoms with Crippen molar-refractivity contribution in [1.82, 2.24) is 5.32 Å². The highest BCUT2D eigenvalue weighted by atomic mass is 35.5. The van der Waals surface area contributed by atoms with Gasteiger partial charge in [0.15, 0.2) is 11.5 Å². The molecular weight excluding hydrogens is 290 g/mol. The van der Waals surface area contributed by atoms with E-state index < -0.39 is 5.60 Å². The predicted molar refractivity (Wildman–Crippen MR) is 86.3 cm³/mol. The molecule has 0 saturated carbocycles. The second kappa shape index (κ2) is 7.87. The Balaban J connectivity index is 2.81. The number of methoxy groups -OCH3 is 1.